The molecule has 2 heterocycles. The Morgan fingerprint density at radius 3 is 2.36 bits per heavy atom. The van der Waals surface area contributed by atoms with E-state index in [-0.39, 0.29) is 0 Å². The van der Waals surface area contributed by atoms with Gasteiger partial charge in [0.2, 0.25) is 0 Å². The summed E-state index contributed by atoms with van der Waals surface area (Å²) in [6, 6.07) is 13.7. The fourth-order valence-electron chi connectivity index (χ4n) is 2.72. The van der Waals surface area contributed by atoms with Crippen LogP contribution in [0.3, 0.4) is 0 Å². The predicted octanol–water partition coefficient (Wildman–Crippen LogP) is 4.47. The minimum atomic E-state index is -0.621. The molecule has 2 aromatic carbocycles. The molecule has 0 unspecified atom stereocenters. The Bertz CT molecular complexity index is 1060. The quantitative estimate of drug-likeness (QED) is 0.569. The molecule has 4 rings (SSSR count). The lowest BCUT2D eigenvalue weighted by molar-refractivity contribution is 0.585. The lowest BCUT2D eigenvalue weighted by Crippen LogP contribution is -2.07. The summed E-state index contributed by atoms with van der Waals surface area (Å²) in [6.07, 6.45) is 4.81. The van der Waals surface area contributed by atoms with Crippen LogP contribution in [0.2, 0.25) is 0 Å². The summed E-state index contributed by atoms with van der Waals surface area (Å²) >= 11 is 0. The monoisotopic (exact) mass is 381 g/mol. The van der Waals surface area contributed by atoms with Gasteiger partial charge in [-0.15, -0.1) is 0 Å². The van der Waals surface area contributed by atoms with Crippen molar-refractivity contribution in [2.45, 2.75) is 0 Å². The van der Waals surface area contributed by atoms with E-state index >= 15 is 0 Å². The van der Waals surface area contributed by atoms with Gasteiger partial charge in [-0.1, -0.05) is 18.2 Å². The van der Waals surface area contributed by atoms with Gasteiger partial charge >= 0.3 is 0 Å². The molecule has 4 aromatic rings. The Morgan fingerprint density at radius 2 is 1.75 bits per heavy atom. The molecule has 0 saturated heterocycles. The van der Waals surface area contributed by atoms with E-state index in [9.17, 15) is 8.78 Å². The first-order valence-corrected chi connectivity index (χ1v) is 8.69. The summed E-state index contributed by atoms with van der Waals surface area (Å²) in [7, 11) is 5.81. The molecule has 0 aliphatic heterocycles. The predicted molar refractivity (Wildman–Crippen MR) is 109 cm³/mol. The van der Waals surface area contributed by atoms with Crippen LogP contribution in [-0.4, -0.2) is 35.5 Å². The molecule has 144 valence electrons. The molecule has 5 nitrogen and oxygen atoms in total. The lowest BCUT2D eigenvalue weighted by Gasteiger charge is -2.10. The van der Waals surface area contributed by atoms with Gasteiger partial charge in [-0.2, -0.15) is 0 Å². The molecule has 7 heteroatoms. The highest BCUT2D eigenvalue weighted by atomic mass is 19.1. The Labute approximate surface area is 162 Å². The molecule has 0 atom stereocenters. The van der Waals surface area contributed by atoms with Crippen LogP contribution in [0.15, 0.2) is 67.1 Å². The zero-order valence-corrected chi connectivity index (χ0v) is 15.9. The van der Waals surface area contributed by atoms with Gasteiger partial charge < -0.3 is 10.2 Å². The largest absolute Gasteiger partial charge is 0.378 e. The van der Waals surface area contributed by atoms with Crippen LogP contribution in [0.25, 0.3) is 16.9 Å². The highest BCUT2D eigenvalue weighted by Gasteiger charge is 2.13. The van der Waals surface area contributed by atoms with Gasteiger partial charge in [-0.25, -0.2) is 18.7 Å². The number of halogens is 2. The van der Waals surface area contributed by atoms with E-state index in [0.717, 1.165) is 6.07 Å². The van der Waals surface area contributed by atoms with Crippen molar-refractivity contribution < 1.29 is 8.78 Å². The number of anilines is 2. The van der Waals surface area contributed by atoms with Crippen LogP contribution < -0.4 is 10.2 Å². The summed E-state index contributed by atoms with van der Waals surface area (Å²) in [5.74, 6) is -0.631. The lowest BCUT2D eigenvalue weighted by atomic mass is 10.1. The van der Waals surface area contributed by atoms with E-state index in [0.29, 0.717) is 22.7 Å². The van der Waals surface area contributed by atoms with Gasteiger partial charge in [-0.05, 0) is 24.3 Å². The van der Waals surface area contributed by atoms with Crippen LogP contribution in [0.1, 0.15) is 0 Å². The normalized spacial score (nSPS) is 10.3. The van der Waals surface area contributed by atoms with Crippen molar-refractivity contribution in [3.05, 3.63) is 78.8 Å². The van der Waals surface area contributed by atoms with Crippen LogP contribution >= 0.6 is 0 Å². The Hall–Kier alpha value is -3.48. The van der Waals surface area contributed by atoms with Crippen LogP contribution in [-0.2, 0) is 0 Å². The maximum absolute atomic E-state index is 13.8. The van der Waals surface area contributed by atoms with Gasteiger partial charge in [-0.3, -0.25) is 4.40 Å². The number of fused-ring (bicyclic) bond motifs is 1. The van der Waals surface area contributed by atoms with Crippen molar-refractivity contribution in [2.75, 3.05) is 31.4 Å². The first kappa shape index (κ1) is 19.3. The zero-order chi connectivity index (χ0) is 20.1. The van der Waals surface area contributed by atoms with Crippen LogP contribution in [0.5, 0.6) is 0 Å². The van der Waals surface area contributed by atoms with Crippen molar-refractivity contribution in [3.63, 3.8) is 0 Å². The minimum Gasteiger partial charge on any atom is -0.378 e. The third-order valence-electron chi connectivity index (χ3n) is 4.14. The molecule has 1 N–H and O–H groups in total. The van der Waals surface area contributed by atoms with E-state index in [4.69, 9.17) is 0 Å². The fourth-order valence-corrected chi connectivity index (χ4v) is 2.72. The smallest absolute Gasteiger partial charge is 0.180 e. The van der Waals surface area contributed by atoms with Gasteiger partial charge in [0.05, 0.1) is 11.9 Å². The van der Waals surface area contributed by atoms with Crippen molar-refractivity contribution in [2.24, 2.45) is 0 Å². The van der Waals surface area contributed by atoms with Gasteiger partial charge in [0, 0.05) is 50.9 Å². The molecule has 0 bridgehead atoms. The molecule has 2 aromatic heterocycles. The highest BCUT2D eigenvalue weighted by molar-refractivity contribution is 5.70. The molecule has 0 aliphatic rings. The molecule has 0 radical (unpaired) electrons. The highest BCUT2D eigenvalue weighted by Crippen LogP contribution is 2.25. The van der Waals surface area contributed by atoms with E-state index < -0.39 is 11.6 Å². The van der Waals surface area contributed by atoms with Crippen molar-refractivity contribution in [1.82, 2.24) is 14.4 Å². The molecule has 28 heavy (non-hydrogen) atoms. The topological polar surface area (TPSA) is 45.5 Å². The van der Waals surface area contributed by atoms with Gasteiger partial charge in [0.25, 0.3) is 0 Å². The summed E-state index contributed by atoms with van der Waals surface area (Å²) in [6.45, 7) is 0. The summed E-state index contributed by atoms with van der Waals surface area (Å²) in [4.78, 5) is 10.4. The Balaban J connectivity index is 0.000000211. The average Bonchev–Trinajstić information content (AvgIpc) is 3.13. The van der Waals surface area contributed by atoms with Crippen LogP contribution in [0.4, 0.5) is 20.3 Å². The standard InChI is InChI=1S/C13H10F2N4.C8H11N/c1-16-12-13-18-7-11(19(13)5-4-17-12)9-3-2-8(14)6-10(9)15;1-9(2)8-6-4-3-5-7-8/h2-7H,1H3,(H,16,17);3-7H,1-2H3. The van der Waals surface area contributed by atoms with E-state index in [2.05, 4.69) is 32.3 Å². The Morgan fingerprint density at radius 1 is 1.00 bits per heavy atom. The first-order chi connectivity index (χ1) is 13.5. The van der Waals surface area contributed by atoms with E-state index in [1.165, 1.54) is 24.0 Å². The average molecular weight is 381 g/mol. The zero-order valence-electron chi connectivity index (χ0n) is 15.9. The number of nitrogens with one attached hydrogen (secondary N) is 1. The number of nitrogens with zero attached hydrogens (tertiary/aromatic N) is 4. The molecule has 0 aliphatic carbocycles. The number of aromatic nitrogens is 3. The number of rotatable bonds is 3. The maximum atomic E-state index is 13.8. The van der Waals surface area contributed by atoms with E-state index in [1.54, 1.807) is 23.8 Å². The molecule has 0 fully saturated rings. The van der Waals surface area contributed by atoms with Crippen molar-refractivity contribution in [1.29, 1.82) is 0 Å². The van der Waals surface area contributed by atoms with Crippen molar-refractivity contribution >= 4 is 17.2 Å². The van der Waals surface area contributed by atoms with Crippen LogP contribution in [0, 0.1) is 11.6 Å². The molecule has 0 spiro atoms. The second-order valence-electron chi connectivity index (χ2n) is 6.22. The second kappa shape index (κ2) is 8.47. The number of imidazole rings is 1. The number of hydrogen-bond acceptors (Lipinski definition) is 4. The number of benzene rings is 2. The number of hydrogen-bond donors (Lipinski definition) is 1. The Kier molecular flexibility index (Phi) is 5.84. The van der Waals surface area contributed by atoms with Gasteiger partial charge in [0.1, 0.15) is 11.6 Å². The third-order valence-corrected chi connectivity index (χ3v) is 4.14. The SMILES string of the molecule is CN(C)c1ccccc1.CNc1nccn2c(-c3ccc(F)cc3F)cnc12. The van der Waals surface area contributed by atoms with Crippen molar-refractivity contribution in [3.8, 4) is 11.3 Å². The molecular weight excluding hydrogens is 360 g/mol. The molecule has 0 saturated carbocycles. The van der Waals surface area contributed by atoms with Gasteiger partial charge in [0.15, 0.2) is 11.5 Å². The second-order valence-corrected chi connectivity index (χ2v) is 6.22. The van der Waals surface area contributed by atoms with E-state index in [1.807, 2.05) is 32.3 Å². The molecule has 0 amide bonds. The summed E-state index contributed by atoms with van der Waals surface area (Å²) in [5.41, 5.74) is 2.68. The summed E-state index contributed by atoms with van der Waals surface area (Å²) < 4.78 is 28.5. The number of para-hydroxylation sites is 1. The fraction of sp³-hybridized carbons (Fsp3) is 0.143. The third kappa shape index (κ3) is 4.09. The first-order valence-electron chi connectivity index (χ1n) is 8.69. The minimum absolute atomic E-state index is 0.294. The maximum Gasteiger partial charge on any atom is 0.180 e. The summed E-state index contributed by atoms with van der Waals surface area (Å²) in [5, 5.41) is 2.91. The molecular formula is C21H21F2N5.